The van der Waals surface area contributed by atoms with Crippen LogP contribution in [0.4, 0.5) is 5.69 Å². The minimum absolute atomic E-state index is 0.0734. The van der Waals surface area contributed by atoms with E-state index in [0.717, 1.165) is 38.8 Å². The van der Waals surface area contributed by atoms with Crippen LogP contribution in [0.25, 0.3) is 21.8 Å². The maximum Gasteiger partial charge on any atom is 0.267 e. The molecule has 1 unspecified atom stereocenters. The molecule has 1 atom stereocenters. The normalized spacial score (nSPS) is 15.2. The van der Waals surface area contributed by atoms with Gasteiger partial charge in [-0.25, -0.2) is 4.98 Å². The molecule has 4 aromatic rings. The number of amides is 1. The highest BCUT2D eigenvalue weighted by Crippen LogP contribution is 2.38. The lowest BCUT2D eigenvalue weighted by molar-refractivity contribution is -0.125. The van der Waals surface area contributed by atoms with E-state index in [1.54, 1.807) is 23.2 Å². The van der Waals surface area contributed by atoms with E-state index in [-0.39, 0.29) is 5.91 Å². The van der Waals surface area contributed by atoms with Crippen molar-refractivity contribution in [3.8, 4) is 33.3 Å². The molecule has 3 aromatic carbocycles. The van der Waals surface area contributed by atoms with Crippen LogP contribution in [0.5, 0.6) is 11.5 Å². The van der Waals surface area contributed by atoms with Gasteiger partial charge in [0.1, 0.15) is 23.1 Å². The zero-order valence-electron chi connectivity index (χ0n) is 18.5. The molecule has 1 aliphatic rings. The number of aromatic nitrogens is 1. The summed E-state index contributed by atoms with van der Waals surface area (Å²) in [5, 5.41) is 3.01. The number of ether oxygens (including phenoxy) is 2. The van der Waals surface area contributed by atoms with Crippen molar-refractivity contribution in [2.75, 3.05) is 18.1 Å². The van der Waals surface area contributed by atoms with Gasteiger partial charge in [-0.1, -0.05) is 42.5 Å². The smallest absolute Gasteiger partial charge is 0.267 e. The van der Waals surface area contributed by atoms with Gasteiger partial charge in [0, 0.05) is 16.5 Å². The molecular weight excluding hydrogens is 432 g/mol. The molecule has 0 saturated heterocycles. The van der Waals surface area contributed by atoms with Gasteiger partial charge < -0.3 is 14.4 Å². The largest absolute Gasteiger partial charge is 0.492 e. The predicted molar refractivity (Wildman–Crippen MR) is 132 cm³/mol. The molecule has 1 aromatic heterocycles. The highest BCUT2D eigenvalue weighted by atomic mass is 32.1. The maximum absolute atomic E-state index is 13.0. The molecule has 166 valence electrons. The highest BCUT2D eigenvalue weighted by molar-refractivity contribution is 7.13. The summed E-state index contributed by atoms with van der Waals surface area (Å²) in [4.78, 5) is 19.5. The second kappa shape index (κ2) is 9.08. The number of rotatable bonds is 6. The van der Waals surface area contributed by atoms with E-state index >= 15 is 0 Å². The Balaban J connectivity index is 1.39. The van der Waals surface area contributed by atoms with E-state index in [4.69, 9.17) is 14.5 Å². The molecule has 0 N–H and O–H groups in total. The van der Waals surface area contributed by atoms with Gasteiger partial charge in [0.15, 0.2) is 6.10 Å². The van der Waals surface area contributed by atoms with Crippen LogP contribution in [0.1, 0.15) is 12.5 Å². The zero-order valence-corrected chi connectivity index (χ0v) is 19.3. The van der Waals surface area contributed by atoms with Crippen LogP contribution >= 0.6 is 11.3 Å². The number of nitrogens with zero attached hydrogens (tertiary/aromatic N) is 2. The molecular formula is C27H24N2O3S. The van der Waals surface area contributed by atoms with Crippen molar-refractivity contribution in [3.05, 3.63) is 83.7 Å². The summed E-state index contributed by atoms with van der Waals surface area (Å²) in [7, 11) is 0. The van der Waals surface area contributed by atoms with Crippen LogP contribution in [0.15, 0.2) is 78.2 Å². The fourth-order valence-corrected chi connectivity index (χ4v) is 4.71. The van der Waals surface area contributed by atoms with Crippen molar-refractivity contribution in [3.63, 3.8) is 0 Å². The monoisotopic (exact) mass is 456 g/mol. The third-order valence-electron chi connectivity index (χ3n) is 5.56. The lowest BCUT2D eigenvalue weighted by Gasteiger charge is -2.33. The molecule has 0 bridgehead atoms. The first-order chi connectivity index (χ1) is 16.1. The van der Waals surface area contributed by atoms with Crippen molar-refractivity contribution in [1.29, 1.82) is 0 Å². The summed E-state index contributed by atoms with van der Waals surface area (Å²) >= 11 is 1.61. The van der Waals surface area contributed by atoms with E-state index < -0.39 is 6.10 Å². The summed E-state index contributed by atoms with van der Waals surface area (Å²) in [5.74, 6) is 1.42. The van der Waals surface area contributed by atoms with Crippen LogP contribution in [0, 0.1) is 6.92 Å². The van der Waals surface area contributed by atoms with Crippen LogP contribution < -0.4 is 14.4 Å². The number of carbonyl (C=O) groups excluding carboxylic acids is 1. The second-order valence-corrected chi connectivity index (χ2v) is 8.86. The summed E-state index contributed by atoms with van der Waals surface area (Å²) in [6, 6.07) is 23.9. The molecule has 2 heterocycles. The first-order valence-electron chi connectivity index (χ1n) is 10.9. The van der Waals surface area contributed by atoms with Crippen LogP contribution in [-0.2, 0) is 4.79 Å². The lowest BCUT2D eigenvalue weighted by atomic mass is 10.1. The SMILES string of the molecule is Cc1cccc(OCCN2C(=O)C(C)Oc3ccc(-c4csc(-c5ccccc5)n4)cc32)c1. The van der Waals surface area contributed by atoms with Crippen LogP contribution in [0.3, 0.4) is 0 Å². The molecule has 0 fully saturated rings. The predicted octanol–water partition coefficient (Wildman–Crippen LogP) is 5.98. The van der Waals surface area contributed by atoms with Gasteiger partial charge in [0.05, 0.1) is 17.9 Å². The Morgan fingerprint density at radius 2 is 1.88 bits per heavy atom. The number of fused-ring (bicyclic) bond motifs is 1. The fourth-order valence-electron chi connectivity index (χ4n) is 3.88. The van der Waals surface area contributed by atoms with Gasteiger partial charge in [-0.3, -0.25) is 4.79 Å². The number of anilines is 1. The summed E-state index contributed by atoms with van der Waals surface area (Å²) in [6.07, 6.45) is -0.536. The molecule has 0 aliphatic carbocycles. The molecule has 0 spiro atoms. The van der Waals surface area contributed by atoms with Crippen molar-refractivity contribution in [2.24, 2.45) is 0 Å². The van der Waals surface area contributed by atoms with Gasteiger partial charge >= 0.3 is 0 Å². The van der Waals surface area contributed by atoms with Gasteiger partial charge in [0.25, 0.3) is 5.91 Å². The van der Waals surface area contributed by atoms with Gasteiger partial charge in [-0.2, -0.15) is 0 Å². The molecule has 0 radical (unpaired) electrons. The Kier molecular flexibility index (Phi) is 5.84. The third kappa shape index (κ3) is 4.47. The van der Waals surface area contributed by atoms with E-state index in [1.165, 1.54) is 0 Å². The Morgan fingerprint density at radius 1 is 1.03 bits per heavy atom. The molecule has 5 nitrogen and oxygen atoms in total. The Morgan fingerprint density at radius 3 is 2.70 bits per heavy atom. The Hall–Kier alpha value is -3.64. The Labute approximate surface area is 197 Å². The molecule has 6 heteroatoms. The molecule has 1 amide bonds. The first-order valence-corrected chi connectivity index (χ1v) is 11.8. The summed E-state index contributed by atoms with van der Waals surface area (Å²) in [5.41, 5.74) is 4.80. The minimum Gasteiger partial charge on any atom is -0.492 e. The third-order valence-corrected chi connectivity index (χ3v) is 6.45. The quantitative estimate of drug-likeness (QED) is 0.358. The minimum atomic E-state index is -0.536. The zero-order chi connectivity index (χ0) is 22.8. The van der Waals surface area contributed by atoms with E-state index in [0.29, 0.717) is 18.9 Å². The van der Waals surface area contributed by atoms with E-state index in [9.17, 15) is 4.79 Å². The van der Waals surface area contributed by atoms with Gasteiger partial charge in [-0.15, -0.1) is 11.3 Å². The highest BCUT2D eigenvalue weighted by Gasteiger charge is 2.31. The van der Waals surface area contributed by atoms with Crippen molar-refractivity contribution >= 4 is 22.9 Å². The van der Waals surface area contributed by atoms with Gasteiger partial charge in [0.2, 0.25) is 0 Å². The van der Waals surface area contributed by atoms with Crippen LogP contribution in [0.2, 0.25) is 0 Å². The van der Waals surface area contributed by atoms with Crippen molar-refractivity contribution < 1.29 is 14.3 Å². The number of hydrogen-bond donors (Lipinski definition) is 0. The second-order valence-electron chi connectivity index (χ2n) is 8.00. The first kappa shape index (κ1) is 21.2. The average Bonchev–Trinajstić information content (AvgIpc) is 3.32. The van der Waals surface area contributed by atoms with E-state index in [2.05, 4.69) is 12.1 Å². The number of thiazole rings is 1. The van der Waals surface area contributed by atoms with Crippen molar-refractivity contribution in [2.45, 2.75) is 20.0 Å². The maximum atomic E-state index is 13.0. The molecule has 1 aliphatic heterocycles. The average molecular weight is 457 g/mol. The fraction of sp³-hybridized carbons (Fsp3) is 0.185. The molecule has 33 heavy (non-hydrogen) atoms. The standard InChI is InChI=1S/C27H24N2O3S/c1-18-7-6-10-22(15-18)31-14-13-29-24-16-21(11-12-25(24)32-19(2)27(29)30)23-17-33-26(28-23)20-8-4-3-5-9-20/h3-12,15-17,19H,13-14H2,1-2H3. The number of aryl methyl sites for hydroxylation is 1. The van der Waals surface area contributed by atoms with Crippen molar-refractivity contribution in [1.82, 2.24) is 4.98 Å². The Bertz CT molecular complexity index is 1290. The van der Waals surface area contributed by atoms with Gasteiger partial charge in [-0.05, 0) is 49.7 Å². The molecule has 0 saturated carbocycles. The van der Waals surface area contributed by atoms with Crippen LogP contribution in [-0.4, -0.2) is 30.1 Å². The summed E-state index contributed by atoms with van der Waals surface area (Å²) < 4.78 is 11.8. The lowest BCUT2D eigenvalue weighted by Crippen LogP contribution is -2.46. The number of carbonyl (C=O) groups is 1. The topological polar surface area (TPSA) is 51.7 Å². The number of benzene rings is 3. The van der Waals surface area contributed by atoms with E-state index in [1.807, 2.05) is 73.0 Å². The molecule has 5 rings (SSSR count). The summed E-state index contributed by atoms with van der Waals surface area (Å²) in [6.45, 7) is 4.63. The number of hydrogen-bond acceptors (Lipinski definition) is 5.